The van der Waals surface area contributed by atoms with E-state index >= 15 is 0 Å². The molecule has 0 aliphatic heterocycles. The first-order valence-corrected chi connectivity index (χ1v) is 6.74. The van der Waals surface area contributed by atoms with E-state index in [9.17, 15) is 4.39 Å². The Labute approximate surface area is 115 Å². The Morgan fingerprint density at radius 3 is 2.50 bits per heavy atom. The highest BCUT2D eigenvalue weighted by atomic mass is 35.5. The van der Waals surface area contributed by atoms with Gasteiger partial charge in [-0.15, -0.1) is 0 Å². The van der Waals surface area contributed by atoms with Crippen LogP contribution in [0.1, 0.15) is 18.5 Å². The van der Waals surface area contributed by atoms with Crippen LogP contribution < -0.4 is 5.73 Å². The maximum Gasteiger partial charge on any atom is 0.124 e. The maximum absolute atomic E-state index is 13.1. The highest BCUT2D eigenvalue weighted by Gasteiger charge is 2.07. The lowest BCUT2D eigenvalue weighted by atomic mass is 10.1. The van der Waals surface area contributed by atoms with Crippen LogP contribution in [0.2, 0.25) is 5.02 Å². The van der Waals surface area contributed by atoms with Crippen LogP contribution in [0.15, 0.2) is 52.3 Å². The molecule has 1 atom stereocenters. The number of nitrogens with two attached hydrogens (primary N) is 1. The topological polar surface area (TPSA) is 26.0 Å². The van der Waals surface area contributed by atoms with Gasteiger partial charge in [0.1, 0.15) is 5.82 Å². The van der Waals surface area contributed by atoms with Gasteiger partial charge in [-0.2, -0.15) is 0 Å². The molecule has 1 nitrogen and oxygen atoms in total. The normalized spacial score (nSPS) is 12.4. The van der Waals surface area contributed by atoms with Crippen LogP contribution in [0.5, 0.6) is 0 Å². The van der Waals surface area contributed by atoms with Gasteiger partial charge in [-0.3, -0.25) is 0 Å². The SMILES string of the molecule is CC(N)c1ccc(Sc2cccc(F)c2)cc1Cl. The summed E-state index contributed by atoms with van der Waals surface area (Å²) in [6, 6.07) is 12.1. The minimum atomic E-state index is -0.238. The highest BCUT2D eigenvalue weighted by Crippen LogP contribution is 2.32. The van der Waals surface area contributed by atoms with Gasteiger partial charge in [-0.25, -0.2) is 4.39 Å². The summed E-state index contributed by atoms with van der Waals surface area (Å²) in [4.78, 5) is 1.81. The Morgan fingerprint density at radius 1 is 1.17 bits per heavy atom. The van der Waals surface area contributed by atoms with Gasteiger partial charge in [0.2, 0.25) is 0 Å². The van der Waals surface area contributed by atoms with E-state index in [4.69, 9.17) is 17.3 Å². The lowest BCUT2D eigenvalue weighted by molar-refractivity contribution is 0.624. The molecule has 1 unspecified atom stereocenters. The molecule has 0 saturated carbocycles. The Bertz CT molecular complexity index is 557. The average molecular weight is 282 g/mol. The first-order valence-electron chi connectivity index (χ1n) is 5.54. The van der Waals surface area contributed by atoms with E-state index in [0.29, 0.717) is 5.02 Å². The summed E-state index contributed by atoms with van der Waals surface area (Å²) >= 11 is 7.63. The van der Waals surface area contributed by atoms with Crippen molar-refractivity contribution in [3.63, 3.8) is 0 Å². The van der Waals surface area contributed by atoms with Gasteiger partial charge in [0.25, 0.3) is 0 Å². The zero-order valence-electron chi connectivity index (χ0n) is 9.86. The molecule has 2 N–H and O–H groups in total. The second-order valence-electron chi connectivity index (χ2n) is 4.03. The number of hydrogen-bond acceptors (Lipinski definition) is 2. The second kappa shape index (κ2) is 5.74. The monoisotopic (exact) mass is 281 g/mol. The smallest absolute Gasteiger partial charge is 0.124 e. The van der Waals surface area contributed by atoms with Crippen LogP contribution in [-0.2, 0) is 0 Å². The van der Waals surface area contributed by atoms with Gasteiger partial charge in [0.15, 0.2) is 0 Å². The predicted octanol–water partition coefficient (Wildman–Crippen LogP) is 4.65. The summed E-state index contributed by atoms with van der Waals surface area (Å²) in [5.74, 6) is -0.238. The molecule has 4 heteroatoms. The molecule has 0 radical (unpaired) electrons. The lowest BCUT2D eigenvalue weighted by Gasteiger charge is -2.09. The maximum atomic E-state index is 13.1. The summed E-state index contributed by atoms with van der Waals surface area (Å²) in [5, 5.41) is 0.645. The van der Waals surface area contributed by atoms with Crippen molar-refractivity contribution in [2.45, 2.75) is 22.8 Å². The highest BCUT2D eigenvalue weighted by molar-refractivity contribution is 7.99. The summed E-state index contributed by atoms with van der Waals surface area (Å²) in [7, 11) is 0. The molecule has 0 fully saturated rings. The van der Waals surface area contributed by atoms with Crippen LogP contribution in [0.25, 0.3) is 0 Å². The number of hydrogen-bond donors (Lipinski definition) is 1. The van der Waals surface area contributed by atoms with Crippen molar-refractivity contribution in [3.8, 4) is 0 Å². The summed E-state index contributed by atoms with van der Waals surface area (Å²) in [6.45, 7) is 1.89. The van der Waals surface area contributed by atoms with E-state index in [-0.39, 0.29) is 11.9 Å². The molecule has 94 valence electrons. The molecule has 18 heavy (non-hydrogen) atoms. The van der Waals surface area contributed by atoms with Crippen LogP contribution in [-0.4, -0.2) is 0 Å². The largest absolute Gasteiger partial charge is 0.324 e. The quantitative estimate of drug-likeness (QED) is 0.886. The fourth-order valence-electron chi connectivity index (χ4n) is 1.61. The third-order valence-corrected chi connectivity index (χ3v) is 3.80. The molecule has 2 aromatic rings. The third kappa shape index (κ3) is 3.25. The van der Waals surface area contributed by atoms with Crippen LogP contribution in [0, 0.1) is 5.82 Å². The van der Waals surface area contributed by atoms with Gasteiger partial charge < -0.3 is 5.73 Å². The standard InChI is InChI=1S/C14H13ClFNS/c1-9(17)13-6-5-12(8-14(13)15)18-11-4-2-3-10(16)7-11/h2-9H,17H2,1H3. The molecular formula is C14H13ClFNS. The zero-order valence-corrected chi connectivity index (χ0v) is 11.4. The second-order valence-corrected chi connectivity index (χ2v) is 5.59. The molecule has 2 aromatic carbocycles. The number of halogens is 2. The van der Waals surface area contributed by atoms with Gasteiger partial charge in [0.05, 0.1) is 0 Å². The van der Waals surface area contributed by atoms with Crippen molar-refractivity contribution < 1.29 is 4.39 Å². The summed E-state index contributed by atoms with van der Waals surface area (Å²) in [5.41, 5.74) is 6.71. The molecule has 0 aliphatic carbocycles. The van der Waals surface area contributed by atoms with Crippen molar-refractivity contribution in [1.82, 2.24) is 0 Å². The number of benzene rings is 2. The Hall–Kier alpha value is -1.03. The molecule has 0 saturated heterocycles. The van der Waals surface area contributed by atoms with Gasteiger partial charge in [0, 0.05) is 20.9 Å². The van der Waals surface area contributed by atoms with Crippen molar-refractivity contribution in [2.24, 2.45) is 5.73 Å². The van der Waals surface area contributed by atoms with E-state index in [1.807, 2.05) is 31.2 Å². The minimum Gasteiger partial charge on any atom is -0.324 e. The fraction of sp³-hybridized carbons (Fsp3) is 0.143. The lowest BCUT2D eigenvalue weighted by Crippen LogP contribution is -2.05. The van der Waals surface area contributed by atoms with Gasteiger partial charge in [-0.05, 0) is 42.8 Å². The Kier molecular flexibility index (Phi) is 4.27. The van der Waals surface area contributed by atoms with Gasteiger partial charge in [-0.1, -0.05) is 35.5 Å². The van der Waals surface area contributed by atoms with E-state index in [2.05, 4.69) is 0 Å². The summed E-state index contributed by atoms with van der Waals surface area (Å²) < 4.78 is 13.1. The first-order chi connectivity index (χ1) is 8.56. The summed E-state index contributed by atoms with van der Waals surface area (Å²) in [6.07, 6.45) is 0. The predicted molar refractivity (Wildman–Crippen MR) is 74.6 cm³/mol. The fourth-order valence-corrected chi connectivity index (χ4v) is 2.93. The zero-order chi connectivity index (χ0) is 13.1. The van der Waals surface area contributed by atoms with Crippen LogP contribution >= 0.6 is 23.4 Å². The van der Waals surface area contributed by atoms with Gasteiger partial charge >= 0.3 is 0 Å². The molecule has 0 aromatic heterocycles. The molecule has 0 spiro atoms. The van der Waals surface area contributed by atoms with Crippen LogP contribution in [0.4, 0.5) is 4.39 Å². The molecule has 0 bridgehead atoms. The minimum absolute atomic E-state index is 0.0919. The van der Waals surface area contributed by atoms with E-state index < -0.39 is 0 Å². The number of rotatable bonds is 3. The third-order valence-electron chi connectivity index (χ3n) is 2.49. The Balaban J connectivity index is 2.23. The van der Waals surface area contributed by atoms with Crippen molar-refractivity contribution in [2.75, 3.05) is 0 Å². The molecular weight excluding hydrogens is 269 g/mol. The van der Waals surface area contributed by atoms with Crippen molar-refractivity contribution >= 4 is 23.4 Å². The van der Waals surface area contributed by atoms with E-state index in [0.717, 1.165) is 15.4 Å². The average Bonchev–Trinajstić information content (AvgIpc) is 2.28. The van der Waals surface area contributed by atoms with Crippen molar-refractivity contribution in [1.29, 1.82) is 0 Å². The van der Waals surface area contributed by atoms with E-state index in [1.54, 1.807) is 6.07 Å². The molecule has 0 aliphatic rings. The van der Waals surface area contributed by atoms with Crippen molar-refractivity contribution in [3.05, 3.63) is 58.9 Å². The molecule has 0 amide bonds. The van der Waals surface area contributed by atoms with Crippen LogP contribution in [0.3, 0.4) is 0 Å². The molecule has 0 heterocycles. The molecule has 2 rings (SSSR count). The first kappa shape index (κ1) is 13.4. The Morgan fingerprint density at radius 2 is 1.89 bits per heavy atom. The van der Waals surface area contributed by atoms with E-state index in [1.165, 1.54) is 23.9 Å².